The van der Waals surface area contributed by atoms with E-state index in [1.54, 1.807) is 4.90 Å². The molecule has 2 aliphatic heterocycles. The van der Waals surface area contributed by atoms with Crippen LogP contribution in [0.5, 0.6) is 11.5 Å². The fourth-order valence-corrected chi connectivity index (χ4v) is 5.16. The summed E-state index contributed by atoms with van der Waals surface area (Å²) in [5.74, 6) is -0.108. The topological polar surface area (TPSA) is 148 Å². The van der Waals surface area contributed by atoms with E-state index in [1.807, 2.05) is 0 Å². The second-order valence-electron chi connectivity index (χ2n) is 8.41. The third-order valence-electron chi connectivity index (χ3n) is 5.93. The Hall–Kier alpha value is -2.86. The smallest absolute Gasteiger partial charge is 0.241 e. The molecule has 1 aliphatic carbocycles. The summed E-state index contributed by atoms with van der Waals surface area (Å²) in [5, 5.41) is 0. The minimum Gasteiger partial charge on any atom is -0.486 e. The van der Waals surface area contributed by atoms with E-state index in [0.717, 1.165) is 12.8 Å². The Morgan fingerprint density at radius 1 is 1.03 bits per heavy atom. The Morgan fingerprint density at radius 3 is 2.30 bits per heavy atom. The van der Waals surface area contributed by atoms with Crippen molar-refractivity contribution in [3.63, 3.8) is 0 Å². The van der Waals surface area contributed by atoms with Crippen LogP contribution in [0.25, 0.3) is 0 Å². The van der Waals surface area contributed by atoms with Crippen LogP contribution in [0.4, 0.5) is 0 Å². The lowest BCUT2D eigenvalue weighted by atomic mass is 10.1. The standard InChI is InChI=1S/C21H28N4O7S/c22-19(26)6-4-16(21(28)25-9-7-24(8-10-25)20(27)14-1-2-14)23-33(29,30)15-3-5-17-18(13-15)32-12-11-31-17/h3,5,13-14,16,23H,1-2,4,6-12H2,(H2,22,26). The van der Waals surface area contributed by atoms with E-state index in [0.29, 0.717) is 50.9 Å². The van der Waals surface area contributed by atoms with Crippen molar-refractivity contribution >= 4 is 27.7 Å². The molecule has 1 atom stereocenters. The monoisotopic (exact) mass is 480 g/mol. The molecule has 2 heterocycles. The van der Waals surface area contributed by atoms with E-state index in [4.69, 9.17) is 15.2 Å². The largest absolute Gasteiger partial charge is 0.486 e. The third kappa shape index (κ3) is 5.56. The first-order valence-electron chi connectivity index (χ1n) is 11.0. The lowest BCUT2D eigenvalue weighted by Gasteiger charge is -2.36. The molecule has 0 bridgehead atoms. The summed E-state index contributed by atoms with van der Waals surface area (Å²) in [6.07, 6.45) is 1.60. The fourth-order valence-electron chi connectivity index (χ4n) is 3.92. The Labute approximate surface area is 192 Å². The van der Waals surface area contributed by atoms with Crippen LogP contribution in [0.2, 0.25) is 0 Å². The highest BCUT2D eigenvalue weighted by Crippen LogP contribution is 2.33. The van der Waals surface area contributed by atoms with Gasteiger partial charge >= 0.3 is 0 Å². The van der Waals surface area contributed by atoms with E-state index < -0.39 is 27.9 Å². The Balaban J connectivity index is 1.45. The lowest BCUT2D eigenvalue weighted by Crippen LogP contribution is -2.56. The number of nitrogens with zero attached hydrogens (tertiary/aromatic N) is 2. The zero-order valence-electron chi connectivity index (χ0n) is 18.2. The van der Waals surface area contributed by atoms with E-state index in [1.165, 1.54) is 23.1 Å². The molecule has 0 aromatic heterocycles. The van der Waals surface area contributed by atoms with Crippen molar-refractivity contribution in [1.29, 1.82) is 0 Å². The van der Waals surface area contributed by atoms with Crippen LogP contribution in [0.15, 0.2) is 23.1 Å². The molecule has 2 fully saturated rings. The number of carbonyl (C=O) groups is 3. The molecule has 3 amide bonds. The number of fused-ring (bicyclic) bond motifs is 1. The Kier molecular flexibility index (Phi) is 6.75. The first-order chi connectivity index (χ1) is 15.7. The van der Waals surface area contributed by atoms with Crippen molar-refractivity contribution < 1.29 is 32.3 Å². The molecule has 3 aliphatic rings. The van der Waals surface area contributed by atoms with Gasteiger partial charge in [-0.25, -0.2) is 8.42 Å². The lowest BCUT2D eigenvalue weighted by molar-refractivity contribution is -0.141. The van der Waals surface area contributed by atoms with Crippen molar-refractivity contribution in [2.75, 3.05) is 39.4 Å². The molecule has 1 unspecified atom stereocenters. The van der Waals surface area contributed by atoms with Crippen LogP contribution < -0.4 is 19.9 Å². The maximum absolute atomic E-state index is 13.2. The molecule has 33 heavy (non-hydrogen) atoms. The van der Waals surface area contributed by atoms with Crippen molar-refractivity contribution in [3.8, 4) is 11.5 Å². The number of primary amides is 1. The summed E-state index contributed by atoms with van der Waals surface area (Å²) in [7, 11) is -4.10. The number of benzene rings is 1. The first-order valence-corrected chi connectivity index (χ1v) is 12.5. The number of ether oxygens (including phenoxy) is 2. The molecule has 0 spiro atoms. The number of nitrogens with one attached hydrogen (secondary N) is 1. The highest BCUT2D eigenvalue weighted by Gasteiger charge is 2.37. The van der Waals surface area contributed by atoms with E-state index >= 15 is 0 Å². The minimum atomic E-state index is -4.10. The van der Waals surface area contributed by atoms with Crippen molar-refractivity contribution in [2.45, 2.75) is 36.6 Å². The van der Waals surface area contributed by atoms with Gasteiger partial charge in [-0.05, 0) is 31.4 Å². The SMILES string of the molecule is NC(=O)CCC(NS(=O)(=O)c1ccc2c(c1)OCCO2)C(=O)N1CCN(C(=O)C2CC2)CC1. The molecule has 1 saturated carbocycles. The molecule has 0 radical (unpaired) electrons. The maximum atomic E-state index is 13.2. The molecule has 4 rings (SSSR count). The van der Waals surface area contributed by atoms with Gasteiger partial charge in [0, 0.05) is 44.6 Å². The van der Waals surface area contributed by atoms with E-state index in [-0.39, 0.29) is 29.6 Å². The zero-order chi connectivity index (χ0) is 23.6. The molecule has 12 heteroatoms. The summed E-state index contributed by atoms with van der Waals surface area (Å²) in [6.45, 7) is 2.09. The van der Waals surface area contributed by atoms with Crippen molar-refractivity contribution in [1.82, 2.24) is 14.5 Å². The van der Waals surface area contributed by atoms with Gasteiger partial charge in [0.25, 0.3) is 0 Å². The number of carbonyl (C=O) groups excluding carboxylic acids is 3. The Morgan fingerprint density at radius 2 is 1.67 bits per heavy atom. The van der Waals surface area contributed by atoms with Gasteiger partial charge in [-0.15, -0.1) is 0 Å². The molecule has 180 valence electrons. The predicted molar refractivity (Wildman–Crippen MR) is 116 cm³/mol. The number of amides is 3. The average molecular weight is 481 g/mol. The number of rotatable bonds is 8. The van der Waals surface area contributed by atoms with Crippen LogP contribution >= 0.6 is 0 Å². The molecule has 3 N–H and O–H groups in total. The molecule has 1 aromatic rings. The second kappa shape index (κ2) is 9.56. The quantitative estimate of drug-likeness (QED) is 0.507. The van der Waals surface area contributed by atoms with Crippen molar-refractivity contribution in [2.24, 2.45) is 11.7 Å². The minimum absolute atomic E-state index is 0.0703. The van der Waals surface area contributed by atoms with Gasteiger partial charge < -0.3 is 25.0 Å². The molecular formula is C21H28N4O7S. The average Bonchev–Trinajstić information content (AvgIpc) is 3.66. The normalized spacial score (nSPS) is 19.2. The van der Waals surface area contributed by atoms with Gasteiger partial charge in [-0.2, -0.15) is 4.72 Å². The molecule has 1 aromatic carbocycles. The molecule has 1 saturated heterocycles. The van der Waals surface area contributed by atoms with Gasteiger partial charge in [0.15, 0.2) is 11.5 Å². The fraction of sp³-hybridized carbons (Fsp3) is 0.571. The molecular weight excluding hydrogens is 452 g/mol. The third-order valence-corrected chi connectivity index (χ3v) is 7.40. The number of hydrogen-bond donors (Lipinski definition) is 2. The first kappa shape index (κ1) is 23.3. The van der Waals surface area contributed by atoms with Crippen LogP contribution in [0.3, 0.4) is 0 Å². The van der Waals surface area contributed by atoms with Crippen LogP contribution in [0.1, 0.15) is 25.7 Å². The highest BCUT2D eigenvalue weighted by atomic mass is 32.2. The zero-order valence-corrected chi connectivity index (χ0v) is 19.0. The second-order valence-corrected chi connectivity index (χ2v) is 10.1. The van der Waals surface area contributed by atoms with Gasteiger partial charge in [0.2, 0.25) is 27.7 Å². The number of hydrogen-bond acceptors (Lipinski definition) is 7. The highest BCUT2D eigenvalue weighted by molar-refractivity contribution is 7.89. The summed E-state index contributed by atoms with van der Waals surface area (Å²) in [5.41, 5.74) is 5.24. The summed E-state index contributed by atoms with van der Waals surface area (Å²) < 4.78 is 39.4. The van der Waals surface area contributed by atoms with Gasteiger partial charge in [-0.1, -0.05) is 0 Å². The van der Waals surface area contributed by atoms with Crippen LogP contribution in [-0.2, 0) is 24.4 Å². The van der Waals surface area contributed by atoms with E-state index in [9.17, 15) is 22.8 Å². The summed E-state index contributed by atoms with van der Waals surface area (Å²) in [6, 6.07) is 3.04. The summed E-state index contributed by atoms with van der Waals surface area (Å²) in [4.78, 5) is 40.0. The number of nitrogens with two attached hydrogens (primary N) is 1. The predicted octanol–water partition coefficient (Wildman–Crippen LogP) is -0.549. The molecule has 11 nitrogen and oxygen atoms in total. The van der Waals surface area contributed by atoms with Gasteiger partial charge in [0.1, 0.15) is 19.3 Å². The van der Waals surface area contributed by atoms with Gasteiger partial charge in [0.05, 0.1) is 4.90 Å². The maximum Gasteiger partial charge on any atom is 0.241 e. The van der Waals surface area contributed by atoms with Crippen LogP contribution in [-0.4, -0.2) is 81.4 Å². The number of piperazine rings is 1. The van der Waals surface area contributed by atoms with E-state index in [2.05, 4.69) is 4.72 Å². The Bertz CT molecular complexity index is 1030. The summed E-state index contributed by atoms with van der Waals surface area (Å²) >= 11 is 0. The van der Waals surface area contributed by atoms with Crippen LogP contribution in [0, 0.1) is 5.92 Å². The van der Waals surface area contributed by atoms with Crippen molar-refractivity contribution in [3.05, 3.63) is 18.2 Å². The number of sulfonamides is 1. The van der Waals surface area contributed by atoms with Gasteiger partial charge in [-0.3, -0.25) is 14.4 Å².